The van der Waals surface area contributed by atoms with Crippen molar-refractivity contribution in [1.82, 2.24) is 15.5 Å². The Kier molecular flexibility index (Phi) is 5.17. The summed E-state index contributed by atoms with van der Waals surface area (Å²) in [5.41, 5.74) is -0.584. The fraction of sp³-hybridized carbons (Fsp3) is 0.227. The second-order valence-electron chi connectivity index (χ2n) is 7.23. The molecular weight excluding hydrogens is 402 g/mol. The van der Waals surface area contributed by atoms with E-state index in [0.29, 0.717) is 12.1 Å². The van der Waals surface area contributed by atoms with E-state index in [1.165, 1.54) is 11.3 Å². The van der Waals surface area contributed by atoms with Crippen LogP contribution in [0.5, 0.6) is 5.75 Å². The van der Waals surface area contributed by atoms with Crippen LogP contribution in [0.1, 0.15) is 17.4 Å². The predicted octanol–water partition coefficient (Wildman–Crippen LogP) is 2.99. The minimum absolute atomic E-state index is 0.323. The fourth-order valence-electron chi connectivity index (χ4n) is 3.50. The number of nitrogens with zero attached hydrogens (tertiary/aromatic N) is 1. The molecule has 4 rings (SSSR count). The molecule has 0 bridgehead atoms. The Morgan fingerprint density at radius 1 is 1.17 bits per heavy atom. The third-order valence-corrected chi connectivity index (χ3v) is 6.12. The van der Waals surface area contributed by atoms with Gasteiger partial charge in [0.2, 0.25) is 5.91 Å². The van der Waals surface area contributed by atoms with Crippen LogP contribution >= 0.6 is 11.3 Å². The Labute approximate surface area is 177 Å². The monoisotopic (exact) mass is 423 g/mol. The molecule has 0 unspecified atom stereocenters. The predicted molar refractivity (Wildman–Crippen MR) is 114 cm³/mol. The summed E-state index contributed by atoms with van der Waals surface area (Å²) in [5, 5.41) is 9.29. The standard InChI is InChI=1S/C22H21N3O4S/c1-22(16-7-5-15-11-17(29-2)8-6-14(15)10-16)20(27)25(21(28)24-22)13-19(26)23-12-18-4-3-9-30-18/h3-11H,12-13H2,1-2H3,(H,23,26)(H,24,28)/t22-/m0/s1. The topological polar surface area (TPSA) is 87.7 Å². The molecule has 2 N–H and O–H groups in total. The number of carbonyl (C=O) groups excluding carboxylic acids is 3. The molecule has 1 aliphatic heterocycles. The number of fused-ring (bicyclic) bond motifs is 1. The van der Waals surface area contributed by atoms with Crippen molar-refractivity contribution in [3.63, 3.8) is 0 Å². The van der Waals surface area contributed by atoms with Gasteiger partial charge in [0.25, 0.3) is 5.91 Å². The Morgan fingerprint density at radius 2 is 1.93 bits per heavy atom. The maximum absolute atomic E-state index is 13.1. The largest absolute Gasteiger partial charge is 0.497 e. The van der Waals surface area contributed by atoms with E-state index in [0.717, 1.165) is 26.3 Å². The highest BCUT2D eigenvalue weighted by atomic mass is 32.1. The minimum atomic E-state index is -1.24. The number of ether oxygens (including phenoxy) is 1. The van der Waals surface area contributed by atoms with Gasteiger partial charge in [0.15, 0.2) is 0 Å². The normalized spacial score (nSPS) is 18.5. The number of imide groups is 1. The summed E-state index contributed by atoms with van der Waals surface area (Å²) in [6, 6.07) is 14.4. The summed E-state index contributed by atoms with van der Waals surface area (Å²) in [5.74, 6) is -0.0974. The molecule has 3 aromatic rings. The van der Waals surface area contributed by atoms with Gasteiger partial charge >= 0.3 is 6.03 Å². The second-order valence-corrected chi connectivity index (χ2v) is 8.26. The van der Waals surface area contributed by atoms with Crippen molar-refractivity contribution in [2.24, 2.45) is 0 Å². The molecule has 30 heavy (non-hydrogen) atoms. The number of thiophene rings is 1. The van der Waals surface area contributed by atoms with E-state index >= 15 is 0 Å². The van der Waals surface area contributed by atoms with E-state index in [1.54, 1.807) is 20.1 Å². The summed E-state index contributed by atoms with van der Waals surface area (Å²) in [7, 11) is 1.61. The number of hydrogen-bond donors (Lipinski definition) is 2. The lowest BCUT2D eigenvalue weighted by atomic mass is 9.90. The summed E-state index contributed by atoms with van der Waals surface area (Å²) in [6.07, 6.45) is 0. The molecule has 4 amide bonds. The lowest BCUT2D eigenvalue weighted by Crippen LogP contribution is -2.43. The Hall–Kier alpha value is -3.39. The van der Waals surface area contributed by atoms with Crippen molar-refractivity contribution >= 4 is 40.0 Å². The van der Waals surface area contributed by atoms with Gasteiger partial charge in [-0.25, -0.2) is 4.79 Å². The highest BCUT2D eigenvalue weighted by Gasteiger charge is 2.49. The number of amides is 4. The second kappa shape index (κ2) is 7.79. The van der Waals surface area contributed by atoms with Crippen LogP contribution in [-0.4, -0.2) is 36.4 Å². The summed E-state index contributed by atoms with van der Waals surface area (Å²) < 4.78 is 5.24. The van der Waals surface area contributed by atoms with Crippen LogP contribution in [0.2, 0.25) is 0 Å². The van der Waals surface area contributed by atoms with Crippen LogP contribution in [0.25, 0.3) is 10.8 Å². The number of benzene rings is 2. The number of methoxy groups -OCH3 is 1. The molecule has 1 atom stereocenters. The molecule has 2 aromatic carbocycles. The average molecular weight is 423 g/mol. The molecule has 7 nitrogen and oxygen atoms in total. The molecule has 0 saturated carbocycles. The van der Waals surface area contributed by atoms with Crippen LogP contribution in [-0.2, 0) is 21.7 Å². The first-order valence-electron chi connectivity index (χ1n) is 9.42. The number of nitrogens with one attached hydrogen (secondary N) is 2. The average Bonchev–Trinajstić information content (AvgIpc) is 3.34. The maximum Gasteiger partial charge on any atom is 0.325 e. The van der Waals surface area contributed by atoms with Crippen LogP contribution in [0.3, 0.4) is 0 Å². The lowest BCUT2D eigenvalue weighted by molar-refractivity contribution is -0.134. The summed E-state index contributed by atoms with van der Waals surface area (Å²) >= 11 is 1.53. The third-order valence-electron chi connectivity index (χ3n) is 5.24. The SMILES string of the molecule is COc1ccc2cc([C@]3(C)NC(=O)N(CC(=O)NCc4cccs4)C3=O)ccc2c1. The Balaban J connectivity index is 1.51. The molecule has 8 heteroatoms. The molecule has 1 aromatic heterocycles. The van der Waals surface area contributed by atoms with Gasteiger partial charge in [0.05, 0.1) is 13.7 Å². The van der Waals surface area contributed by atoms with E-state index in [9.17, 15) is 14.4 Å². The zero-order valence-corrected chi connectivity index (χ0v) is 17.4. The van der Waals surface area contributed by atoms with Gasteiger partial charge < -0.3 is 15.4 Å². The van der Waals surface area contributed by atoms with E-state index in [1.807, 2.05) is 47.8 Å². The third kappa shape index (κ3) is 3.61. The summed E-state index contributed by atoms with van der Waals surface area (Å²) in [6.45, 7) is 1.70. The quantitative estimate of drug-likeness (QED) is 0.597. The van der Waals surface area contributed by atoms with E-state index in [2.05, 4.69) is 10.6 Å². The molecule has 1 aliphatic rings. The zero-order chi connectivity index (χ0) is 21.3. The molecule has 154 valence electrons. The van der Waals surface area contributed by atoms with Gasteiger partial charge in [0.1, 0.15) is 17.8 Å². The highest BCUT2D eigenvalue weighted by Crippen LogP contribution is 2.32. The van der Waals surface area contributed by atoms with Crippen LogP contribution in [0.4, 0.5) is 4.79 Å². The van der Waals surface area contributed by atoms with E-state index in [-0.39, 0.29) is 12.5 Å². The number of rotatable bonds is 6. The number of urea groups is 1. The van der Waals surface area contributed by atoms with Gasteiger partial charge in [-0.2, -0.15) is 0 Å². The first kappa shape index (κ1) is 19.9. The molecule has 1 fully saturated rings. The molecule has 0 radical (unpaired) electrons. The van der Waals surface area contributed by atoms with Crippen LogP contribution in [0, 0.1) is 0 Å². The van der Waals surface area contributed by atoms with Gasteiger partial charge in [-0.3, -0.25) is 14.5 Å². The summed E-state index contributed by atoms with van der Waals surface area (Å²) in [4.78, 5) is 39.8. The molecule has 2 heterocycles. The van der Waals surface area contributed by atoms with Crippen LogP contribution in [0.15, 0.2) is 53.9 Å². The fourth-order valence-corrected chi connectivity index (χ4v) is 4.14. The first-order chi connectivity index (χ1) is 14.4. The maximum atomic E-state index is 13.1. The Bertz CT molecular complexity index is 1130. The van der Waals surface area contributed by atoms with E-state index < -0.39 is 17.5 Å². The molecule has 0 spiro atoms. The first-order valence-corrected chi connectivity index (χ1v) is 10.3. The minimum Gasteiger partial charge on any atom is -0.497 e. The smallest absolute Gasteiger partial charge is 0.325 e. The zero-order valence-electron chi connectivity index (χ0n) is 16.6. The Morgan fingerprint density at radius 3 is 2.67 bits per heavy atom. The molecule has 1 saturated heterocycles. The van der Waals surface area contributed by atoms with Crippen LogP contribution < -0.4 is 15.4 Å². The van der Waals surface area contributed by atoms with Gasteiger partial charge in [-0.05, 0) is 52.9 Å². The van der Waals surface area contributed by atoms with Crippen molar-refractivity contribution in [2.75, 3.05) is 13.7 Å². The van der Waals surface area contributed by atoms with Gasteiger partial charge in [0, 0.05) is 4.88 Å². The molecule has 0 aliphatic carbocycles. The van der Waals surface area contributed by atoms with Crippen molar-refractivity contribution in [3.8, 4) is 5.75 Å². The van der Waals surface area contributed by atoms with Gasteiger partial charge in [-0.1, -0.05) is 24.3 Å². The number of carbonyl (C=O) groups is 3. The van der Waals surface area contributed by atoms with Gasteiger partial charge in [-0.15, -0.1) is 11.3 Å². The van der Waals surface area contributed by atoms with Crippen molar-refractivity contribution in [2.45, 2.75) is 19.0 Å². The number of hydrogen-bond acceptors (Lipinski definition) is 5. The lowest BCUT2D eigenvalue weighted by Gasteiger charge is -2.22. The van der Waals surface area contributed by atoms with E-state index in [4.69, 9.17) is 4.74 Å². The van der Waals surface area contributed by atoms with Crippen molar-refractivity contribution in [3.05, 3.63) is 64.4 Å². The highest BCUT2D eigenvalue weighted by molar-refractivity contribution is 7.09. The van der Waals surface area contributed by atoms with Crippen molar-refractivity contribution < 1.29 is 19.1 Å². The molecular formula is C22H21N3O4S. The van der Waals surface area contributed by atoms with Crippen molar-refractivity contribution in [1.29, 1.82) is 0 Å².